The van der Waals surface area contributed by atoms with Gasteiger partial charge in [-0.3, -0.25) is 4.79 Å². The van der Waals surface area contributed by atoms with Crippen LogP contribution in [0.4, 0.5) is 15.2 Å². The molecule has 0 aliphatic heterocycles. The second-order valence-corrected chi connectivity index (χ2v) is 6.51. The first-order valence-electron chi connectivity index (χ1n) is 7.82. The molecule has 25 heavy (non-hydrogen) atoms. The van der Waals surface area contributed by atoms with E-state index in [0.29, 0.717) is 5.13 Å². The van der Waals surface area contributed by atoms with E-state index < -0.39 is 5.97 Å². The largest absolute Gasteiger partial charge is 0.481 e. The summed E-state index contributed by atoms with van der Waals surface area (Å²) in [5, 5.41) is 11.8. The number of halogens is 1. The minimum Gasteiger partial charge on any atom is -0.481 e. The van der Waals surface area contributed by atoms with Crippen molar-refractivity contribution in [2.24, 2.45) is 0 Å². The Hall–Kier alpha value is -2.73. The number of para-hydroxylation sites is 1. The zero-order valence-corrected chi connectivity index (χ0v) is 14.4. The Morgan fingerprint density at radius 2 is 1.88 bits per heavy atom. The number of hydrogen-bond donors (Lipinski definition) is 1. The van der Waals surface area contributed by atoms with Crippen molar-refractivity contribution in [3.8, 4) is 11.3 Å². The molecule has 4 nitrogen and oxygen atoms in total. The van der Waals surface area contributed by atoms with Crippen LogP contribution in [0.3, 0.4) is 0 Å². The molecule has 0 fully saturated rings. The Bertz CT molecular complexity index is 849. The van der Waals surface area contributed by atoms with E-state index in [1.54, 1.807) is 12.1 Å². The number of nitrogens with zero attached hydrogens (tertiary/aromatic N) is 2. The fraction of sp³-hybridized carbons (Fsp3) is 0.158. The van der Waals surface area contributed by atoms with E-state index in [-0.39, 0.29) is 18.3 Å². The molecule has 0 amide bonds. The van der Waals surface area contributed by atoms with E-state index in [0.717, 1.165) is 16.9 Å². The molecule has 3 rings (SSSR count). The molecule has 1 heterocycles. The van der Waals surface area contributed by atoms with E-state index in [2.05, 4.69) is 4.98 Å². The van der Waals surface area contributed by atoms with Crippen molar-refractivity contribution in [3.05, 3.63) is 65.8 Å². The van der Waals surface area contributed by atoms with Crippen LogP contribution in [0.25, 0.3) is 11.3 Å². The molecule has 0 spiro atoms. The molecule has 6 heteroatoms. The molecule has 0 radical (unpaired) electrons. The van der Waals surface area contributed by atoms with Crippen LogP contribution >= 0.6 is 11.3 Å². The van der Waals surface area contributed by atoms with Gasteiger partial charge in [-0.05, 0) is 43.3 Å². The van der Waals surface area contributed by atoms with Gasteiger partial charge in [0.15, 0.2) is 5.13 Å². The van der Waals surface area contributed by atoms with Gasteiger partial charge in [0.1, 0.15) is 5.82 Å². The molecule has 0 bridgehead atoms. The summed E-state index contributed by atoms with van der Waals surface area (Å²) < 4.78 is 13.1. The van der Waals surface area contributed by atoms with Crippen LogP contribution in [-0.4, -0.2) is 22.1 Å². The first-order valence-corrected chi connectivity index (χ1v) is 8.70. The standard InChI is InChI=1S/C19H17FN2O2S/c1-13(11-18(23)24)22(16-5-3-2-4-6-16)19-21-17(12-25-19)14-7-9-15(20)10-8-14/h2-10,12-13H,11H2,1H3,(H,23,24). The average Bonchev–Trinajstić information content (AvgIpc) is 3.05. The molecule has 0 aliphatic carbocycles. The van der Waals surface area contributed by atoms with Gasteiger partial charge in [0.2, 0.25) is 0 Å². The van der Waals surface area contributed by atoms with Crippen molar-refractivity contribution in [3.63, 3.8) is 0 Å². The van der Waals surface area contributed by atoms with Gasteiger partial charge in [0.25, 0.3) is 0 Å². The summed E-state index contributed by atoms with van der Waals surface area (Å²) in [5.41, 5.74) is 2.45. The second kappa shape index (κ2) is 7.44. The summed E-state index contributed by atoms with van der Waals surface area (Å²) in [6, 6.07) is 15.5. The van der Waals surface area contributed by atoms with E-state index in [1.807, 2.05) is 47.5 Å². The summed E-state index contributed by atoms with van der Waals surface area (Å²) in [6.07, 6.45) is 0.000353. The van der Waals surface area contributed by atoms with Crippen LogP contribution in [0.2, 0.25) is 0 Å². The lowest BCUT2D eigenvalue weighted by Crippen LogP contribution is -2.30. The first-order chi connectivity index (χ1) is 12.0. The third-order valence-corrected chi connectivity index (χ3v) is 4.62. The molecule has 0 aliphatic rings. The lowest BCUT2D eigenvalue weighted by Gasteiger charge is -2.28. The van der Waals surface area contributed by atoms with Crippen molar-refractivity contribution >= 4 is 28.1 Å². The number of carboxylic acid groups (broad SMARTS) is 1. The third kappa shape index (κ3) is 4.03. The van der Waals surface area contributed by atoms with Crippen LogP contribution in [0.15, 0.2) is 60.0 Å². The Balaban J connectivity index is 1.96. The summed E-state index contributed by atoms with van der Waals surface area (Å²) in [7, 11) is 0. The Morgan fingerprint density at radius 3 is 2.52 bits per heavy atom. The maximum Gasteiger partial charge on any atom is 0.305 e. The molecular formula is C19H17FN2O2S. The minimum atomic E-state index is -0.858. The number of aliphatic carboxylic acids is 1. The molecule has 128 valence electrons. The zero-order valence-electron chi connectivity index (χ0n) is 13.6. The number of rotatable bonds is 6. The average molecular weight is 356 g/mol. The van der Waals surface area contributed by atoms with Gasteiger partial charge in [-0.1, -0.05) is 18.2 Å². The van der Waals surface area contributed by atoms with Gasteiger partial charge in [-0.25, -0.2) is 9.37 Å². The topological polar surface area (TPSA) is 53.4 Å². The molecule has 1 aromatic heterocycles. The van der Waals surface area contributed by atoms with Gasteiger partial charge in [0, 0.05) is 22.7 Å². The van der Waals surface area contributed by atoms with E-state index in [1.165, 1.54) is 23.5 Å². The van der Waals surface area contributed by atoms with Crippen LogP contribution in [0, 0.1) is 5.82 Å². The Morgan fingerprint density at radius 1 is 1.20 bits per heavy atom. The summed E-state index contributed by atoms with van der Waals surface area (Å²) >= 11 is 1.44. The van der Waals surface area contributed by atoms with Gasteiger partial charge in [0.05, 0.1) is 12.1 Å². The maximum atomic E-state index is 13.1. The molecule has 1 atom stereocenters. The lowest BCUT2D eigenvalue weighted by molar-refractivity contribution is -0.137. The summed E-state index contributed by atoms with van der Waals surface area (Å²) in [5.74, 6) is -1.15. The van der Waals surface area contributed by atoms with Crippen LogP contribution in [0.1, 0.15) is 13.3 Å². The Labute approximate surface area is 149 Å². The SMILES string of the molecule is CC(CC(=O)O)N(c1ccccc1)c1nc(-c2ccc(F)cc2)cs1. The zero-order chi connectivity index (χ0) is 17.8. The quantitative estimate of drug-likeness (QED) is 0.679. The minimum absolute atomic E-state index is 0.000353. The Kier molecular flexibility index (Phi) is 5.09. The monoisotopic (exact) mass is 356 g/mol. The molecule has 1 N–H and O–H groups in total. The highest BCUT2D eigenvalue weighted by Gasteiger charge is 2.22. The molecule has 3 aromatic rings. The molecule has 0 saturated heterocycles. The van der Waals surface area contributed by atoms with Crippen molar-refractivity contribution in [2.45, 2.75) is 19.4 Å². The summed E-state index contributed by atoms with van der Waals surface area (Å²) in [4.78, 5) is 17.7. The van der Waals surface area contributed by atoms with Crippen molar-refractivity contribution in [2.75, 3.05) is 4.90 Å². The van der Waals surface area contributed by atoms with E-state index in [4.69, 9.17) is 5.11 Å². The smallest absolute Gasteiger partial charge is 0.305 e. The number of carboxylic acids is 1. The third-order valence-electron chi connectivity index (χ3n) is 3.78. The fourth-order valence-corrected chi connectivity index (χ4v) is 3.57. The maximum absolute atomic E-state index is 13.1. The normalized spacial score (nSPS) is 11.9. The van der Waals surface area contributed by atoms with Gasteiger partial charge >= 0.3 is 5.97 Å². The van der Waals surface area contributed by atoms with Gasteiger partial charge < -0.3 is 10.0 Å². The van der Waals surface area contributed by atoms with Crippen LogP contribution in [0.5, 0.6) is 0 Å². The van der Waals surface area contributed by atoms with E-state index in [9.17, 15) is 9.18 Å². The van der Waals surface area contributed by atoms with E-state index >= 15 is 0 Å². The predicted molar refractivity (Wildman–Crippen MR) is 97.8 cm³/mol. The van der Waals surface area contributed by atoms with Crippen molar-refractivity contribution in [1.82, 2.24) is 4.98 Å². The van der Waals surface area contributed by atoms with Crippen molar-refractivity contribution < 1.29 is 14.3 Å². The second-order valence-electron chi connectivity index (χ2n) is 5.67. The number of aromatic nitrogens is 1. The van der Waals surface area contributed by atoms with Gasteiger partial charge in [-0.2, -0.15) is 0 Å². The lowest BCUT2D eigenvalue weighted by atomic mass is 10.1. The highest BCUT2D eigenvalue weighted by Crippen LogP contribution is 2.34. The van der Waals surface area contributed by atoms with Gasteiger partial charge in [-0.15, -0.1) is 11.3 Å². The molecule has 1 unspecified atom stereocenters. The highest BCUT2D eigenvalue weighted by molar-refractivity contribution is 7.14. The number of benzene rings is 2. The van der Waals surface area contributed by atoms with Crippen LogP contribution in [-0.2, 0) is 4.79 Å². The summed E-state index contributed by atoms with van der Waals surface area (Å²) in [6.45, 7) is 1.86. The number of anilines is 2. The molecular weight excluding hydrogens is 339 g/mol. The number of carbonyl (C=O) groups is 1. The number of thiazole rings is 1. The number of hydrogen-bond acceptors (Lipinski definition) is 4. The predicted octanol–water partition coefficient (Wildman–Crippen LogP) is 4.95. The fourth-order valence-electron chi connectivity index (χ4n) is 2.61. The molecule has 0 saturated carbocycles. The molecule has 2 aromatic carbocycles. The highest BCUT2D eigenvalue weighted by atomic mass is 32.1. The van der Waals surface area contributed by atoms with Crippen molar-refractivity contribution in [1.29, 1.82) is 0 Å². The first kappa shape index (κ1) is 17.1. The van der Waals surface area contributed by atoms with Crippen LogP contribution < -0.4 is 4.90 Å².